The summed E-state index contributed by atoms with van der Waals surface area (Å²) < 4.78 is 1.84. The Balaban J connectivity index is 1.37. The Labute approximate surface area is 158 Å². The van der Waals surface area contributed by atoms with Gasteiger partial charge in [-0.1, -0.05) is 30.3 Å². The Morgan fingerprint density at radius 1 is 1.15 bits per heavy atom. The normalized spacial score (nSPS) is 15.0. The SMILES string of the molecule is N#Cc1ccc2ncn(CC(=O)N3CCC(Cc4ccccc4)CC3)c2c1. The van der Waals surface area contributed by atoms with Crippen LogP contribution in [-0.2, 0) is 17.8 Å². The molecular formula is C22H22N4O. The van der Waals surface area contributed by atoms with E-state index in [0.29, 0.717) is 11.5 Å². The van der Waals surface area contributed by atoms with E-state index in [1.165, 1.54) is 5.56 Å². The van der Waals surface area contributed by atoms with Crippen molar-refractivity contribution in [2.75, 3.05) is 13.1 Å². The number of rotatable bonds is 4. The molecule has 0 aliphatic carbocycles. The summed E-state index contributed by atoms with van der Waals surface area (Å²) in [7, 11) is 0. The molecule has 5 nitrogen and oxygen atoms in total. The molecule has 0 N–H and O–H groups in total. The minimum absolute atomic E-state index is 0.120. The van der Waals surface area contributed by atoms with Crippen molar-refractivity contribution in [1.29, 1.82) is 5.26 Å². The summed E-state index contributed by atoms with van der Waals surface area (Å²) in [6.45, 7) is 1.90. The second-order valence-electron chi connectivity index (χ2n) is 7.20. The van der Waals surface area contributed by atoms with Gasteiger partial charge in [0.1, 0.15) is 6.54 Å². The van der Waals surface area contributed by atoms with Crippen LogP contribution in [0.3, 0.4) is 0 Å². The number of fused-ring (bicyclic) bond motifs is 1. The molecule has 5 heteroatoms. The van der Waals surface area contributed by atoms with E-state index in [-0.39, 0.29) is 12.5 Å². The highest BCUT2D eigenvalue weighted by Gasteiger charge is 2.23. The molecule has 2 aromatic carbocycles. The summed E-state index contributed by atoms with van der Waals surface area (Å²) in [5, 5.41) is 9.09. The zero-order valence-electron chi connectivity index (χ0n) is 15.2. The van der Waals surface area contributed by atoms with Crippen molar-refractivity contribution < 1.29 is 4.79 Å². The molecule has 136 valence electrons. The number of likely N-dealkylation sites (tertiary alicyclic amines) is 1. The van der Waals surface area contributed by atoms with E-state index in [2.05, 4.69) is 35.3 Å². The highest BCUT2D eigenvalue weighted by Crippen LogP contribution is 2.22. The smallest absolute Gasteiger partial charge is 0.242 e. The lowest BCUT2D eigenvalue weighted by Crippen LogP contribution is -2.40. The lowest BCUT2D eigenvalue weighted by Gasteiger charge is -2.32. The summed E-state index contributed by atoms with van der Waals surface area (Å²) in [5.74, 6) is 0.763. The van der Waals surface area contributed by atoms with E-state index in [1.807, 2.05) is 21.6 Å². The number of carbonyl (C=O) groups excluding carboxylic acids is 1. The van der Waals surface area contributed by atoms with Gasteiger partial charge < -0.3 is 9.47 Å². The van der Waals surface area contributed by atoms with Crippen molar-refractivity contribution in [3.05, 3.63) is 66.0 Å². The van der Waals surface area contributed by atoms with Gasteiger partial charge in [0.05, 0.1) is 29.0 Å². The van der Waals surface area contributed by atoms with Gasteiger partial charge in [-0.05, 0) is 48.9 Å². The summed E-state index contributed by atoms with van der Waals surface area (Å²) in [6.07, 6.45) is 4.87. The first kappa shape index (κ1) is 17.3. The zero-order valence-corrected chi connectivity index (χ0v) is 15.2. The number of nitriles is 1. The number of nitrogens with zero attached hydrogens (tertiary/aromatic N) is 4. The number of imidazole rings is 1. The molecular weight excluding hydrogens is 336 g/mol. The Kier molecular flexibility index (Phi) is 4.88. The van der Waals surface area contributed by atoms with Crippen molar-refractivity contribution in [1.82, 2.24) is 14.5 Å². The van der Waals surface area contributed by atoms with Crippen LogP contribution < -0.4 is 0 Å². The number of aromatic nitrogens is 2. The molecule has 0 spiro atoms. The minimum atomic E-state index is 0.120. The van der Waals surface area contributed by atoms with E-state index >= 15 is 0 Å². The first-order chi connectivity index (χ1) is 13.2. The molecule has 0 atom stereocenters. The third-order valence-electron chi connectivity index (χ3n) is 5.39. The van der Waals surface area contributed by atoms with E-state index < -0.39 is 0 Å². The first-order valence-electron chi connectivity index (χ1n) is 9.39. The third-order valence-corrected chi connectivity index (χ3v) is 5.39. The van der Waals surface area contributed by atoms with Crippen molar-refractivity contribution in [3.8, 4) is 6.07 Å². The van der Waals surface area contributed by atoms with Crippen LogP contribution in [0.15, 0.2) is 54.9 Å². The standard InChI is InChI=1S/C22H22N4O/c23-14-19-6-7-20-21(13-19)26(16-24-20)15-22(27)25-10-8-18(9-11-25)12-17-4-2-1-3-5-17/h1-7,13,16,18H,8-12,15H2. The van der Waals surface area contributed by atoms with Crippen LogP contribution in [0, 0.1) is 17.2 Å². The fraction of sp³-hybridized carbons (Fsp3) is 0.318. The van der Waals surface area contributed by atoms with Crippen LogP contribution in [0.5, 0.6) is 0 Å². The summed E-state index contributed by atoms with van der Waals surface area (Å²) in [4.78, 5) is 19.0. The molecule has 1 aliphatic rings. The van der Waals surface area contributed by atoms with Gasteiger partial charge in [-0.2, -0.15) is 5.26 Å². The van der Waals surface area contributed by atoms with Gasteiger partial charge in [-0.3, -0.25) is 4.79 Å². The Bertz CT molecular complexity index is 978. The molecule has 1 aromatic heterocycles. The van der Waals surface area contributed by atoms with E-state index in [4.69, 9.17) is 5.26 Å². The maximum atomic E-state index is 12.7. The highest BCUT2D eigenvalue weighted by molar-refractivity contribution is 5.81. The Morgan fingerprint density at radius 2 is 1.93 bits per heavy atom. The lowest BCUT2D eigenvalue weighted by molar-refractivity contribution is -0.133. The lowest BCUT2D eigenvalue weighted by atomic mass is 9.90. The zero-order chi connectivity index (χ0) is 18.6. The van der Waals surface area contributed by atoms with E-state index in [9.17, 15) is 4.79 Å². The quantitative estimate of drug-likeness (QED) is 0.718. The molecule has 0 saturated carbocycles. The molecule has 4 rings (SSSR count). The van der Waals surface area contributed by atoms with Gasteiger partial charge in [0.25, 0.3) is 0 Å². The van der Waals surface area contributed by atoms with Crippen LogP contribution in [0.4, 0.5) is 0 Å². The maximum Gasteiger partial charge on any atom is 0.242 e. The average molecular weight is 358 g/mol. The van der Waals surface area contributed by atoms with Crippen LogP contribution in [0.1, 0.15) is 24.0 Å². The molecule has 0 unspecified atom stereocenters. The van der Waals surface area contributed by atoms with Crippen LogP contribution in [-0.4, -0.2) is 33.4 Å². The van der Waals surface area contributed by atoms with E-state index in [0.717, 1.165) is 43.4 Å². The summed E-state index contributed by atoms with van der Waals surface area (Å²) in [6, 6.07) is 18.1. The van der Waals surface area contributed by atoms with Crippen molar-refractivity contribution in [2.24, 2.45) is 5.92 Å². The second-order valence-corrected chi connectivity index (χ2v) is 7.20. The van der Waals surface area contributed by atoms with Gasteiger partial charge in [-0.25, -0.2) is 4.98 Å². The number of amides is 1. The fourth-order valence-corrected chi connectivity index (χ4v) is 3.83. The third kappa shape index (κ3) is 3.85. The number of hydrogen-bond acceptors (Lipinski definition) is 3. The largest absolute Gasteiger partial charge is 0.341 e. The van der Waals surface area contributed by atoms with Gasteiger partial charge >= 0.3 is 0 Å². The maximum absolute atomic E-state index is 12.7. The van der Waals surface area contributed by atoms with Gasteiger partial charge in [0.2, 0.25) is 5.91 Å². The first-order valence-corrected chi connectivity index (χ1v) is 9.39. The Hall–Kier alpha value is -3.13. The van der Waals surface area contributed by atoms with Gasteiger partial charge in [0, 0.05) is 13.1 Å². The predicted molar refractivity (Wildman–Crippen MR) is 104 cm³/mol. The monoisotopic (exact) mass is 358 g/mol. The number of benzene rings is 2. The topological polar surface area (TPSA) is 61.9 Å². The van der Waals surface area contributed by atoms with Crippen LogP contribution in [0.2, 0.25) is 0 Å². The number of hydrogen-bond donors (Lipinski definition) is 0. The summed E-state index contributed by atoms with van der Waals surface area (Å²) >= 11 is 0. The van der Waals surface area contributed by atoms with E-state index in [1.54, 1.807) is 18.5 Å². The molecule has 1 aliphatic heterocycles. The van der Waals surface area contributed by atoms with Gasteiger partial charge in [0.15, 0.2) is 0 Å². The average Bonchev–Trinajstić information content (AvgIpc) is 3.11. The highest BCUT2D eigenvalue weighted by atomic mass is 16.2. The molecule has 3 aromatic rings. The molecule has 1 amide bonds. The van der Waals surface area contributed by atoms with Crippen LogP contribution >= 0.6 is 0 Å². The summed E-state index contributed by atoms with van der Waals surface area (Å²) in [5.41, 5.74) is 3.60. The molecule has 1 fully saturated rings. The van der Waals surface area contributed by atoms with Gasteiger partial charge in [-0.15, -0.1) is 0 Å². The molecule has 27 heavy (non-hydrogen) atoms. The van der Waals surface area contributed by atoms with Crippen molar-refractivity contribution in [2.45, 2.75) is 25.8 Å². The molecule has 1 saturated heterocycles. The second kappa shape index (κ2) is 7.63. The fourth-order valence-electron chi connectivity index (χ4n) is 3.83. The predicted octanol–water partition coefficient (Wildman–Crippen LogP) is 3.39. The minimum Gasteiger partial charge on any atom is -0.341 e. The number of piperidine rings is 1. The number of carbonyl (C=O) groups is 1. The molecule has 0 bridgehead atoms. The van der Waals surface area contributed by atoms with Crippen molar-refractivity contribution >= 4 is 16.9 Å². The van der Waals surface area contributed by atoms with Crippen molar-refractivity contribution in [3.63, 3.8) is 0 Å². The van der Waals surface area contributed by atoms with Crippen LogP contribution in [0.25, 0.3) is 11.0 Å². The molecule has 2 heterocycles. The molecule has 0 radical (unpaired) electrons. The Morgan fingerprint density at radius 3 is 2.67 bits per heavy atom.